The summed E-state index contributed by atoms with van der Waals surface area (Å²) in [7, 11) is 1.60. The lowest BCUT2D eigenvalue weighted by molar-refractivity contribution is -0.121. The maximum atomic E-state index is 12.7. The Labute approximate surface area is 194 Å². The molecule has 3 aromatic carbocycles. The molecule has 33 heavy (non-hydrogen) atoms. The highest BCUT2D eigenvalue weighted by Gasteiger charge is 2.28. The molecule has 0 unspecified atom stereocenters. The Morgan fingerprint density at radius 2 is 1.52 bits per heavy atom. The summed E-state index contributed by atoms with van der Waals surface area (Å²) in [5.41, 5.74) is 2.48. The van der Waals surface area contributed by atoms with E-state index in [9.17, 15) is 9.59 Å². The number of anilines is 1. The van der Waals surface area contributed by atoms with Crippen molar-refractivity contribution in [2.75, 3.05) is 25.5 Å². The van der Waals surface area contributed by atoms with Gasteiger partial charge in [-0.25, -0.2) is 0 Å². The Hall–Kier alpha value is -3.80. The second-order valence-electron chi connectivity index (χ2n) is 8.08. The van der Waals surface area contributed by atoms with Gasteiger partial charge in [0.2, 0.25) is 5.91 Å². The van der Waals surface area contributed by atoms with Crippen LogP contribution >= 0.6 is 0 Å². The van der Waals surface area contributed by atoms with Gasteiger partial charge in [0.25, 0.3) is 5.91 Å². The van der Waals surface area contributed by atoms with Crippen LogP contribution in [0.25, 0.3) is 0 Å². The van der Waals surface area contributed by atoms with Gasteiger partial charge < -0.3 is 19.7 Å². The van der Waals surface area contributed by atoms with Gasteiger partial charge in [0.15, 0.2) is 0 Å². The molecule has 0 spiro atoms. The lowest BCUT2D eigenvalue weighted by Gasteiger charge is -2.31. The van der Waals surface area contributed by atoms with Crippen LogP contribution in [0.2, 0.25) is 0 Å². The standard InChI is InChI=1S/C27H28N2O4/c1-32-24-11-7-22(8-12-24)27(31)29-17-15-21(16-18-29)26(30)28-23-9-13-25(14-10-23)33-19-20-5-3-2-4-6-20/h2-14,21H,15-19H2,1H3,(H,28,30). The summed E-state index contributed by atoms with van der Waals surface area (Å²) in [6.45, 7) is 1.63. The van der Waals surface area contributed by atoms with E-state index in [1.165, 1.54) is 0 Å². The molecule has 6 heteroatoms. The smallest absolute Gasteiger partial charge is 0.253 e. The SMILES string of the molecule is COc1ccc(C(=O)N2CCC(C(=O)Nc3ccc(OCc4ccccc4)cc3)CC2)cc1. The Morgan fingerprint density at radius 1 is 0.879 bits per heavy atom. The molecule has 4 rings (SSSR count). The second kappa shape index (κ2) is 10.7. The number of rotatable bonds is 7. The first kappa shape index (κ1) is 22.4. The molecular weight excluding hydrogens is 416 g/mol. The number of amides is 2. The number of nitrogens with zero attached hydrogens (tertiary/aromatic N) is 1. The van der Waals surface area contributed by atoms with Crippen molar-refractivity contribution < 1.29 is 19.1 Å². The summed E-state index contributed by atoms with van der Waals surface area (Å²) in [4.78, 5) is 27.2. The Morgan fingerprint density at radius 3 is 2.15 bits per heavy atom. The van der Waals surface area contributed by atoms with Crippen molar-refractivity contribution in [3.63, 3.8) is 0 Å². The van der Waals surface area contributed by atoms with Gasteiger partial charge in [-0.15, -0.1) is 0 Å². The fourth-order valence-corrected chi connectivity index (χ4v) is 3.88. The van der Waals surface area contributed by atoms with Gasteiger partial charge in [-0.1, -0.05) is 30.3 Å². The van der Waals surface area contributed by atoms with Gasteiger partial charge in [0.1, 0.15) is 18.1 Å². The van der Waals surface area contributed by atoms with Crippen LogP contribution in [-0.2, 0) is 11.4 Å². The molecule has 2 amide bonds. The number of piperidine rings is 1. The Kier molecular flexibility index (Phi) is 7.25. The number of methoxy groups -OCH3 is 1. The molecule has 6 nitrogen and oxygen atoms in total. The first-order valence-corrected chi connectivity index (χ1v) is 11.1. The highest BCUT2D eigenvalue weighted by atomic mass is 16.5. The van der Waals surface area contributed by atoms with Crippen LogP contribution in [0.4, 0.5) is 5.69 Å². The third-order valence-corrected chi connectivity index (χ3v) is 5.86. The fraction of sp³-hybridized carbons (Fsp3) is 0.259. The van der Waals surface area contributed by atoms with Crippen LogP contribution in [0.15, 0.2) is 78.9 Å². The summed E-state index contributed by atoms with van der Waals surface area (Å²) in [6.07, 6.45) is 1.29. The molecular formula is C27H28N2O4. The fourth-order valence-electron chi connectivity index (χ4n) is 3.88. The van der Waals surface area contributed by atoms with E-state index in [2.05, 4.69) is 5.32 Å². The quantitative estimate of drug-likeness (QED) is 0.570. The molecule has 0 aliphatic carbocycles. The monoisotopic (exact) mass is 444 g/mol. The van der Waals surface area contributed by atoms with Gasteiger partial charge in [-0.3, -0.25) is 9.59 Å². The zero-order chi connectivity index (χ0) is 23.0. The largest absolute Gasteiger partial charge is 0.497 e. The van der Waals surface area contributed by atoms with Crippen molar-refractivity contribution >= 4 is 17.5 Å². The summed E-state index contributed by atoms with van der Waals surface area (Å²) < 4.78 is 10.9. The third kappa shape index (κ3) is 5.92. The molecule has 0 bridgehead atoms. The van der Waals surface area contributed by atoms with Crippen LogP contribution in [0, 0.1) is 5.92 Å². The highest BCUT2D eigenvalue weighted by Crippen LogP contribution is 2.23. The van der Waals surface area contributed by atoms with E-state index in [0.717, 1.165) is 22.7 Å². The lowest BCUT2D eigenvalue weighted by atomic mass is 9.95. The third-order valence-electron chi connectivity index (χ3n) is 5.86. The number of benzene rings is 3. The molecule has 1 N–H and O–H groups in total. The number of hydrogen-bond donors (Lipinski definition) is 1. The van der Waals surface area contributed by atoms with Crippen LogP contribution < -0.4 is 14.8 Å². The number of nitrogens with one attached hydrogen (secondary N) is 1. The maximum Gasteiger partial charge on any atom is 0.253 e. The lowest BCUT2D eigenvalue weighted by Crippen LogP contribution is -2.41. The van der Waals surface area contributed by atoms with E-state index in [1.807, 2.05) is 59.5 Å². The van der Waals surface area contributed by atoms with Gasteiger partial charge >= 0.3 is 0 Å². The van der Waals surface area contributed by atoms with Crippen LogP contribution in [0.1, 0.15) is 28.8 Å². The summed E-state index contributed by atoms with van der Waals surface area (Å²) in [5, 5.41) is 2.99. The first-order chi connectivity index (χ1) is 16.1. The molecule has 170 valence electrons. The molecule has 0 aromatic heterocycles. The average molecular weight is 445 g/mol. The zero-order valence-electron chi connectivity index (χ0n) is 18.7. The molecule has 1 aliphatic rings. The number of hydrogen-bond acceptors (Lipinski definition) is 4. The van der Waals surface area contributed by atoms with Crippen molar-refractivity contribution in [1.29, 1.82) is 0 Å². The number of ether oxygens (including phenoxy) is 2. The molecule has 3 aromatic rings. The summed E-state index contributed by atoms with van der Waals surface area (Å²) in [6, 6.07) is 24.5. The summed E-state index contributed by atoms with van der Waals surface area (Å²) >= 11 is 0. The maximum absolute atomic E-state index is 12.7. The van der Waals surface area contributed by atoms with Crippen LogP contribution in [0.5, 0.6) is 11.5 Å². The van der Waals surface area contributed by atoms with Gasteiger partial charge in [0.05, 0.1) is 7.11 Å². The van der Waals surface area contributed by atoms with Crippen molar-refractivity contribution in [3.8, 4) is 11.5 Å². The predicted octanol–water partition coefficient (Wildman–Crippen LogP) is 4.77. The van der Waals surface area contributed by atoms with Crippen LogP contribution in [-0.4, -0.2) is 36.9 Å². The molecule has 0 saturated carbocycles. The van der Waals surface area contributed by atoms with E-state index < -0.39 is 0 Å². The molecule has 1 fully saturated rings. The minimum absolute atomic E-state index is 0.00972. The van der Waals surface area contributed by atoms with E-state index in [4.69, 9.17) is 9.47 Å². The number of likely N-dealkylation sites (tertiary alicyclic amines) is 1. The zero-order valence-corrected chi connectivity index (χ0v) is 18.7. The molecule has 1 aliphatic heterocycles. The second-order valence-corrected chi connectivity index (χ2v) is 8.08. The molecule has 1 heterocycles. The van der Waals surface area contributed by atoms with Crippen molar-refractivity contribution in [2.24, 2.45) is 5.92 Å². The number of carbonyl (C=O) groups excluding carboxylic acids is 2. The highest BCUT2D eigenvalue weighted by molar-refractivity contribution is 5.95. The van der Waals surface area contributed by atoms with Crippen LogP contribution in [0.3, 0.4) is 0 Å². The summed E-state index contributed by atoms with van der Waals surface area (Å²) in [5.74, 6) is 1.34. The molecule has 0 radical (unpaired) electrons. The Balaban J connectivity index is 1.24. The van der Waals surface area contributed by atoms with E-state index in [1.54, 1.807) is 31.4 Å². The predicted molar refractivity (Wildman–Crippen MR) is 127 cm³/mol. The minimum atomic E-state index is -0.112. The molecule has 0 atom stereocenters. The average Bonchev–Trinajstić information content (AvgIpc) is 2.88. The first-order valence-electron chi connectivity index (χ1n) is 11.1. The van der Waals surface area contributed by atoms with E-state index in [-0.39, 0.29) is 17.7 Å². The minimum Gasteiger partial charge on any atom is -0.497 e. The Bertz CT molecular complexity index is 1060. The van der Waals surface area contributed by atoms with Gasteiger partial charge in [0, 0.05) is 30.3 Å². The number of carbonyl (C=O) groups is 2. The normalized spacial score (nSPS) is 13.9. The van der Waals surface area contributed by atoms with E-state index >= 15 is 0 Å². The molecule has 1 saturated heterocycles. The van der Waals surface area contributed by atoms with Crippen molar-refractivity contribution in [3.05, 3.63) is 90.0 Å². The van der Waals surface area contributed by atoms with Gasteiger partial charge in [-0.05, 0) is 66.9 Å². The van der Waals surface area contributed by atoms with Gasteiger partial charge in [-0.2, -0.15) is 0 Å². The van der Waals surface area contributed by atoms with E-state index in [0.29, 0.717) is 38.1 Å². The topological polar surface area (TPSA) is 67.9 Å². The van der Waals surface area contributed by atoms with Crippen molar-refractivity contribution in [2.45, 2.75) is 19.4 Å². The van der Waals surface area contributed by atoms with Crippen molar-refractivity contribution in [1.82, 2.24) is 4.90 Å².